The van der Waals surface area contributed by atoms with Gasteiger partial charge in [-0.05, 0) is 32.9 Å². The van der Waals surface area contributed by atoms with Crippen LogP contribution < -0.4 is 11.2 Å². The molecule has 2 heterocycles. The Labute approximate surface area is 132 Å². The number of hydrogen-bond acceptors (Lipinski definition) is 7. The summed E-state index contributed by atoms with van der Waals surface area (Å²) in [6.07, 6.45) is -0.637. The number of carbonyl (C=O) groups excluding carboxylic acids is 1. The summed E-state index contributed by atoms with van der Waals surface area (Å²) in [4.78, 5) is 25.1. The maximum absolute atomic E-state index is 11.4. The number of amides is 1. The lowest BCUT2D eigenvalue weighted by atomic mass is 10.2. The van der Waals surface area contributed by atoms with Gasteiger partial charge in [-0.3, -0.25) is 4.84 Å². The van der Waals surface area contributed by atoms with E-state index in [4.69, 9.17) is 15.3 Å². The number of ether oxygens (including phenoxy) is 1. The van der Waals surface area contributed by atoms with Crippen LogP contribution in [0.25, 0.3) is 11.4 Å². The van der Waals surface area contributed by atoms with Crippen molar-refractivity contribution >= 4 is 23.2 Å². The number of rotatable bonds is 4. The predicted octanol–water partition coefficient (Wildman–Crippen LogP) is 2.74. The number of nitrogens with two attached hydrogens (primary N) is 1. The molecule has 0 saturated heterocycles. The third-order valence-electron chi connectivity index (χ3n) is 2.33. The van der Waals surface area contributed by atoms with Crippen LogP contribution in [0.15, 0.2) is 23.6 Å². The van der Waals surface area contributed by atoms with Gasteiger partial charge in [0, 0.05) is 5.38 Å². The Morgan fingerprint density at radius 2 is 2.09 bits per heavy atom. The van der Waals surface area contributed by atoms with Gasteiger partial charge in [-0.15, -0.1) is 11.3 Å². The van der Waals surface area contributed by atoms with Gasteiger partial charge in [0.25, 0.3) is 0 Å². The van der Waals surface area contributed by atoms with E-state index in [0.29, 0.717) is 22.2 Å². The van der Waals surface area contributed by atoms with Gasteiger partial charge in [0.1, 0.15) is 28.7 Å². The molecule has 0 aliphatic carbocycles. The Morgan fingerprint density at radius 3 is 2.77 bits per heavy atom. The van der Waals surface area contributed by atoms with E-state index >= 15 is 0 Å². The topological polar surface area (TPSA) is 99.4 Å². The van der Waals surface area contributed by atoms with E-state index in [1.807, 2.05) is 17.5 Å². The van der Waals surface area contributed by atoms with Crippen molar-refractivity contribution in [1.29, 1.82) is 0 Å². The number of nitrogen functional groups attached to an aromatic ring is 1. The highest BCUT2D eigenvalue weighted by molar-refractivity contribution is 7.09. The molecule has 7 nitrogen and oxygen atoms in total. The number of aromatic nitrogens is 2. The lowest BCUT2D eigenvalue weighted by Crippen LogP contribution is -2.32. The van der Waals surface area contributed by atoms with Gasteiger partial charge >= 0.3 is 6.09 Å². The van der Waals surface area contributed by atoms with Crippen molar-refractivity contribution in [2.45, 2.75) is 33.0 Å². The minimum Gasteiger partial charge on any atom is -0.442 e. The molecule has 0 fully saturated rings. The molecule has 0 aromatic carbocycles. The quantitative estimate of drug-likeness (QED) is 0.840. The number of nitrogens with zero attached hydrogens (tertiary/aromatic N) is 2. The van der Waals surface area contributed by atoms with Crippen LogP contribution in [0.3, 0.4) is 0 Å². The third-order valence-corrected chi connectivity index (χ3v) is 3.16. The van der Waals surface area contributed by atoms with Crippen molar-refractivity contribution in [2.75, 3.05) is 5.73 Å². The summed E-state index contributed by atoms with van der Waals surface area (Å²) >= 11 is 1.41. The van der Waals surface area contributed by atoms with Crippen molar-refractivity contribution in [2.24, 2.45) is 0 Å². The number of thiazole rings is 1. The minimum atomic E-state index is -0.637. The first-order chi connectivity index (χ1) is 10.3. The molecule has 0 unspecified atom stereocenters. The Bertz CT molecular complexity index is 652. The van der Waals surface area contributed by atoms with Crippen LogP contribution in [0.5, 0.6) is 0 Å². The molecule has 8 heteroatoms. The van der Waals surface area contributed by atoms with E-state index in [2.05, 4.69) is 15.4 Å². The summed E-state index contributed by atoms with van der Waals surface area (Å²) in [6, 6.07) is 5.36. The molecule has 0 aliphatic rings. The molecule has 0 saturated carbocycles. The molecule has 1 amide bonds. The molecule has 0 spiro atoms. The zero-order chi connectivity index (χ0) is 16.2. The largest absolute Gasteiger partial charge is 0.442 e. The lowest BCUT2D eigenvalue weighted by molar-refractivity contribution is -0.0137. The number of carbonyl (C=O) groups is 1. The Morgan fingerprint density at radius 1 is 1.32 bits per heavy atom. The van der Waals surface area contributed by atoms with Gasteiger partial charge in [0.05, 0.1) is 5.69 Å². The molecule has 0 bridgehead atoms. The molecular formula is C14H18N4O3S. The van der Waals surface area contributed by atoms with Crippen molar-refractivity contribution in [3.05, 3.63) is 28.6 Å². The van der Waals surface area contributed by atoms with E-state index in [0.717, 1.165) is 0 Å². The second kappa shape index (κ2) is 6.71. The summed E-state index contributed by atoms with van der Waals surface area (Å²) in [5, 5.41) is 2.56. The fourth-order valence-electron chi connectivity index (χ4n) is 1.54. The van der Waals surface area contributed by atoms with Crippen LogP contribution in [-0.2, 0) is 16.2 Å². The Hall–Kier alpha value is -2.19. The molecule has 2 rings (SSSR count). The lowest BCUT2D eigenvalue weighted by Gasteiger charge is -2.19. The van der Waals surface area contributed by atoms with Gasteiger partial charge < -0.3 is 10.5 Å². The normalized spacial score (nSPS) is 11.2. The third kappa shape index (κ3) is 4.97. The molecule has 118 valence electrons. The van der Waals surface area contributed by atoms with Gasteiger partial charge in [-0.25, -0.2) is 14.8 Å². The predicted molar refractivity (Wildman–Crippen MR) is 83.9 cm³/mol. The van der Waals surface area contributed by atoms with E-state index in [1.165, 1.54) is 11.3 Å². The average molecular weight is 322 g/mol. The SMILES string of the molecule is CC(C)(C)OC(=O)NOCc1nc(-c2cccc(N)n2)cs1. The van der Waals surface area contributed by atoms with Crippen LogP contribution in [0.4, 0.5) is 10.6 Å². The number of hydrogen-bond donors (Lipinski definition) is 2. The molecular weight excluding hydrogens is 304 g/mol. The van der Waals surface area contributed by atoms with Crippen molar-refractivity contribution < 1.29 is 14.4 Å². The summed E-state index contributed by atoms with van der Waals surface area (Å²) in [7, 11) is 0. The maximum Gasteiger partial charge on any atom is 0.431 e. The highest BCUT2D eigenvalue weighted by Crippen LogP contribution is 2.21. The first kappa shape index (κ1) is 16.2. The van der Waals surface area contributed by atoms with E-state index in [9.17, 15) is 4.79 Å². The number of anilines is 1. The van der Waals surface area contributed by atoms with Crippen LogP contribution in [0.1, 0.15) is 25.8 Å². The van der Waals surface area contributed by atoms with Gasteiger partial charge in [0.2, 0.25) is 0 Å². The standard InChI is InChI=1S/C14H18N4O3S/c1-14(2,3)21-13(19)18-20-7-12-17-10(8-22-12)9-5-4-6-11(15)16-9/h4-6,8H,7H2,1-3H3,(H2,15,16)(H,18,19). The summed E-state index contributed by atoms with van der Waals surface area (Å²) < 4.78 is 5.05. The molecule has 22 heavy (non-hydrogen) atoms. The highest BCUT2D eigenvalue weighted by atomic mass is 32.1. The molecule has 0 atom stereocenters. The van der Waals surface area contributed by atoms with Crippen molar-refractivity contribution in [3.8, 4) is 11.4 Å². The first-order valence-corrected chi connectivity index (χ1v) is 7.49. The second-order valence-electron chi connectivity index (χ2n) is 5.47. The monoisotopic (exact) mass is 322 g/mol. The second-order valence-corrected chi connectivity index (χ2v) is 6.41. The Balaban J connectivity index is 1.87. The Kier molecular flexibility index (Phi) is 4.94. The first-order valence-electron chi connectivity index (χ1n) is 6.61. The van der Waals surface area contributed by atoms with Crippen LogP contribution in [0.2, 0.25) is 0 Å². The molecule has 2 aromatic heterocycles. The summed E-state index contributed by atoms with van der Waals surface area (Å²) in [6.45, 7) is 5.47. The van der Waals surface area contributed by atoms with Gasteiger partial charge in [-0.1, -0.05) is 6.07 Å². The zero-order valence-corrected chi connectivity index (χ0v) is 13.4. The highest BCUT2D eigenvalue weighted by Gasteiger charge is 2.16. The number of nitrogens with one attached hydrogen (secondary N) is 1. The van der Waals surface area contributed by atoms with Crippen LogP contribution in [0, 0.1) is 0 Å². The van der Waals surface area contributed by atoms with Crippen molar-refractivity contribution in [1.82, 2.24) is 15.4 Å². The van der Waals surface area contributed by atoms with E-state index in [-0.39, 0.29) is 6.61 Å². The van der Waals surface area contributed by atoms with E-state index in [1.54, 1.807) is 26.8 Å². The minimum absolute atomic E-state index is 0.145. The van der Waals surface area contributed by atoms with Gasteiger partial charge in [0.15, 0.2) is 0 Å². The van der Waals surface area contributed by atoms with Crippen LogP contribution >= 0.6 is 11.3 Å². The summed E-state index contributed by atoms with van der Waals surface area (Å²) in [5.74, 6) is 0.440. The fraction of sp³-hybridized carbons (Fsp3) is 0.357. The molecule has 3 N–H and O–H groups in total. The maximum atomic E-state index is 11.4. The fourth-order valence-corrected chi connectivity index (χ4v) is 2.24. The van der Waals surface area contributed by atoms with Crippen LogP contribution in [-0.4, -0.2) is 21.7 Å². The average Bonchev–Trinajstić information content (AvgIpc) is 2.85. The molecule has 0 aliphatic heterocycles. The van der Waals surface area contributed by atoms with Gasteiger partial charge in [-0.2, -0.15) is 5.48 Å². The molecule has 0 radical (unpaired) electrons. The number of hydroxylamine groups is 1. The smallest absolute Gasteiger partial charge is 0.431 e. The summed E-state index contributed by atoms with van der Waals surface area (Å²) in [5.41, 5.74) is 8.70. The van der Waals surface area contributed by atoms with Crippen molar-refractivity contribution in [3.63, 3.8) is 0 Å². The van der Waals surface area contributed by atoms with E-state index < -0.39 is 11.7 Å². The number of pyridine rings is 1. The molecule has 2 aromatic rings. The zero-order valence-electron chi connectivity index (χ0n) is 12.6.